The molecule has 0 unspecified atom stereocenters. The summed E-state index contributed by atoms with van der Waals surface area (Å²) in [6.07, 6.45) is -0.540. The molecule has 0 radical (unpaired) electrons. The minimum Gasteiger partial charge on any atom is -0.479 e. The van der Waals surface area contributed by atoms with E-state index >= 15 is 0 Å². The molecule has 2 heterocycles. The first-order valence-electron chi connectivity index (χ1n) is 5.86. The van der Waals surface area contributed by atoms with Crippen molar-refractivity contribution < 1.29 is 24.2 Å². The molecule has 2 rings (SSSR count). The number of carboxylic acid groups (broad SMARTS) is 1. The molecule has 0 spiro atoms. The lowest BCUT2D eigenvalue weighted by molar-refractivity contribution is -0.158. The highest BCUT2D eigenvalue weighted by Crippen LogP contribution is 2.23. The summed E-state index contributed by atoms with van der Waals surface area (Å²) < 4.78 is 10.5. The van der Waals surface area contributed by atoms with E-state index in [-0.39, 0.29) is 11.9 Å². The van der Waals surface area contributed by atoms with Crippen LogP contribution in [-0.2, 0) is 19.1 Å². The minimum atomic E-state index is -0.990. The maximum atomic E-state index is 12.1. The highest BCUT2D eigenvalue weighted by molar-refractivity contribution is 5.83. The maximum Gasteiger partial charge on any atom is 0.332 e. The second-order valence-electron chi connectivity index (χ2n) is 4.48. The molecule has 0 saturated carbocycles. The van der Waals surface area contributed by atoms with Crippen LogP contribution in [0.3, 0.4) is 0 Å². The van der Waals surface area contributed by atoms with Gasteiger partial charge in [0.25, 0.3) is 5.91 Å². The van der Waals surface area contributed by atoms with E-state index < -0.39 is 18.2 Å². The highest BCUT2D eigenvalue weighted by Gasteiger charge is 2.38. The summed E-state index contributed by atoms with van der Waals surface area (Å²) in [7, 11) is 0. The summed E-state index contributed by atoms with van der Waals surface area (Å²) >= 11 is 0. The summed E-state index contributed by atoms with van der Waals surface area (Å²) in [5, 5.41) is 8.81. The smallest absolute Gasteiger partial charge is 0.332 e. The van der Waals surface area contributed by atoms with E-state index in [1.54, 1.807) is 4.90 Å². The Kier molecular flexibility index (Phi) is 3.63. The predicted molar refractivity (Wildman–Crippen MR) is 57.5 cm³/mol. The van der Waals surface area contributed by atoms with Crippen molar-refractivity contribution in [1.82, 2.24) is 4.90 Å². The van der Waals surface area contributed by atoms with Gasteiger partial charge in [-0.2, -0.15) is 0 Å². The Balaban J connectivity index is 1.94. The van der Waals surface area contributed by atoms with Crippen molar-refractivity contribution >= 4 is 11.9 Å². The molecule has 1 amide bonds. The lowest BCUT2D eigenvalue weighted by Gasteiger charge is -2.34. The van der Waals surface area contributed by atoms with Gasteiger partial charge in [0.1, 0.15) is 6.10 Å². The van der Waals surface area contributed by atoms with Crippen LogP contribution in [-0.4, -0.2) is 59.9 Å². The van der Waals surface area contributed by atoms with Gasteiger partial charge in [0.05, 0.1) is 19.3 Å². The van der Waals surface area contributed by atoms with Gasteiger partial charge in [-0.05, 0) is 19.8 Å². The number of ether oxygens (including phenoxy) is 2. The Morgan fingerprint density at radius 2 is 2.00 bits per heavy atom. The van der Waals surface area contributed by atoms with Gasteiger partial charge in [0.15, 0.2) is 6.10 Å². The van der Waals surface area contributed by atoms with Gasteiger partial charge in [-0.25, -0.2) is 4.79 Å². The highest BCUT2D eigenvalue weighted by atomic mass is 16.5. The number of hydrogen-bond donors (Lipinski definition) is 1. The van der Waals surface area contributed by atoms with Crippen molar-refractivity contribution in [1.29, 1.82) is 0 Å². The number of carbonyl (C=O) groups excluding carboxylic acids is 1. The van der Waals surface area contributed by atoms with Gasteiger partial charge in [-0.3, -0.25) is 4.79 Å². The zero-order valence-electron chi connectivity index (χ0n) is 9.80. The Labute approximate surface area is 99.5 Å². The Morgan fingerprint density at radius 1 is 1.29 bits per heavy atom. The van der Waals surface area contributed by atoms with Crippen LogP contribution in [0.25, 0.3) is 0 Å². The van der Waals surface area contributed by atoms with Crippen LogP contribution in [0.15, 0.2) is 0 Å². The Bertz CT molecular complexity index is 319. The maximum absolute atomic E-state index is 12.1. The number of hydrogen-bond acceptors (Lipinski definition) is 4. The quantitative estimate of drug-likeness (QED) is 0.731. The van der Waals surface area contributed by atoms with Gasteiger partial charge in [0, 0.05) is 6.54 Å². The fraction of sp³-hybridized carbons (Fsp3) is 0.818. The molecule has 0 aromatic rings. The molecule has 3 atom stereocenters. The molecule has 6 nitrogen and oxygen atoms in total. The average Bonchev–Trinajstić information content (AvgIpc) is 2.78. The first-order chi connectivity index (χ1) is 8.09. The molecule has 0 aromatic heterocycles. The van der Waals surface area contributed by atoms with Crippen LogP contribution in [0.2, 0.25) is 0 Å². The van der Waals surface area contributed by atoms with Crippen LogP contribution < -0.4 is 0 Å². The van der Waals surface area contributed by atoms with Crippen molar-refractivity contribution in [2.24, 2.45) is 0 Å². The molecule has 2 aliphatic rings. The molecule has 0 bridgehead atoms. The third kappa shape index (κ3) is 2.58. The SMILES string of the molecule is C[C@@H]1COCCN1C(=O)[C@@H]1CC[C@H](C(=O)O)O1. The lowest BCUT2D eigenvalue weighted by atomic mass is 10.1. The summed E-state index contributed by atoms with van der Waals surface area (Å²) in [5.74, 6) is -1.10. The van der Waals surface area contributed by atoms with E-state index in [1.807, 2.05) is 6.92 Å². The van der Waals surface area contributed by atoms with Crippen molar-refractivity contribution in [2.75, 3.05) is 19.8 Å². The number of rotatable bonds is 2. The van der Waals surface area contributed by atoms with E-state index in [1.165, 1.54) is 0 Å². The first kappa shape index (κ1) is 12.3. The number of nitrogens with zero attached hydrogens (tertiary/aromatic N) is 1. The Morgan fingerprint density at radius 3 is 2.59 bits per heavy atom. The van der Waals surface area contributed by atoms with E-state index in [2.05, 4.69) is 0 Å². The molecule has 6 heteroatoms. The number of morpholine rings is 1. The zero-order chi connectivity index (χ0) is 12.4. The number of carbonyl (C=O) groups is 2. The van der Waals surface area contributed by atoms with Crippen LogP contribution in [0.5, 0.6) is 0 Å². The number of amides is 1. The van der Waals surface area contributed by atoms with Crippen molar-refractivity contribution in [3.63, 3.8) is 0 Å². The van der Waals surface area contributed by atoms with Gasteiger partial charge in [0.2, 0.25) is 0 Å². The third-order valence-corrected chi connectivity index (χ3v) is 3.22. The standard InChI is InChI=1S/C11H17NO5/c1-7-6-16-5-4-12(7)10(13)8-2-3-9(17-8)11(14)15/h7-9H,2-6H2,1H3,(H,14,15)/t7-,8+,9-/m1/s1. The molecule has 0 aliphatic carbocycles. The summed E-state index contributed by atoms with van der Waals surface area (Å²) in [4.78, 5) is 24.6. The van der Waals surface area contributed by atoms with Crippen molar-refractivity contribution in [3.8, 4) is 0 Å². The molecule has 2 saturated heterocycles. The van der Waals surface area contributed by atoms with E-state index in [0.717, 1.165) is 0 Å². The normalized spacial score (nSPS) is 33.7. The molecular formula is C11H17NO5. The van der Waals surface area contributed by atoms with Gasteiger partial charge < -0.3 is 19.5 Å². The molecular weight excluding hydrogens is 226 g/mol. The first-order valence-corrected chi connectivity index (χ1v) is 5.86. The van der Waals surface area contributed by atoms with Gasteiger partial charge in [-0.1, -0.05) is 0 Å². The van der Waals surface area contributed by atoms with Gasteiger partial charge in [-0.15, -0.1) is 0 Å². The fourth-order valence-corrected chi connectivity index (χ4v) is 2.24. The third-order valence-electron chi connectivity index (χ3n) is 3.22. The minimum absolute atomic E-state index is 0.0312. The zero-order valence-corrected chi connectivity index (χ0v) is 9.80. The summed E-state index contributed by atoms with van der Waals surface area (Å²) in [6.45, 7) is 3.53. The topological polar surface area (TPSA) is 76.1 Å². The molecule has 2 aliphatic heterocycles. The van der Waals surface area contributed by atoms with E-state index in [9.17, 15) is 9.59 Å². The van der Waals surface area contributed by atoms with Crippen LogP contribution in [0, 0.1) is 0 Å². The molecule has 96 valence electrons. The van der Waals surface area contributed by atoms with E-state index in [0.29, 0.717) is 32.6 Å². The van der Waals surface area contributed by atoms with Crippen LogP contribution >= 0.6 is 0 Å². The number of aliphatic carboxylic acids is 1. The van der Waals surface area contributed by atoms with E-state index in [4.69, 9.17) is 14.6 Å². The Hall–Kier alpha value is -1.14. The summed E-state index contributed by atoms with van der Waals surface area (Å²) in [5.41, 5.74) is 0. The van der Waals surface area contributed by atoms with Crippen LogP contribution in [0.1, 0.15) is 19.8 Å². The number of carboxylic acids is 1. The molecule has 2 fully saturated rings. The second kappa shape index (κ2) is 5.01. The fourth-order valence-electron chi connectivity index (χ4n) is 2.24. The molecule has 17 heavy (non-hydrogen) atoms. The average molecular weight is 243 g/mol. The predicted octanol–water partition coefficient (Wildman–Crippen LogP) is -0.134. The van der Waals surface area contributed by atoms with Crippen molar-refractivity contribution in [3.05, 3.63) is 0 Å². The molecule has 1 N–H and O–H groups in total. The monoisotopic (exact) mass is 243 g/mol. The van der Waals surface area contributed by atoms with Gasteiger partial charge >= 0.3 is 5.97 Å². The summed E-state index contributed by atoms with van der Waals surface area (Å²) in [6, 6.07) is 0.0312. The largest absolute Gasteiger partial charge is 0.479 e. The van der Waals surface area contributed by atoms with Crippen molar-refractivity contribution in [2.45, 2.75) is 38.0 Å². The van der Waals surface area contributed by atoms with Crippen LogP contribution in [0.4, 0.5) is 0 Å². The molecule has 0 aromatic carbocycles. The lowest BCUT2D eigenvalue weighted by Crippen LogP contribution is -2.50. The second-order valence-corrected chi connectivity index (χ2v) is 4.48.